The molecule has 2 rings (SSSR count). The largest absolute Gasteiger partial charge is 0.326 e. The summed E-state index contributed by atoms with van der Waals surface area (Å²) < 4.78 is 0. The van der Waals surface area contributed by atoms with Crippen molar-refractivity contribution in [2.45, 2.75) is 39.5 Å². The number of amides is 1. The van der Waals surface area contributed by atoms with E-state index in [1.807, 2.05) is 19.1 Å². The topological polar surface area (TPSA) is 41.1 Å². The van der Waals surface area contributed by atoms with E-state index in [4.69, 9.17) is 0 Å². The molecule has 3 heteroatoms. The Morgan fingerprint density at radius 1 is 1.32 bits per heavy atom. The molecule has 0 radical (unpaired) electrons. The summed E-state index contributed by atoms with van der Waals surface area (Å²) in [5.41, 5.74) is 1.90. The van der Waals surface area contributed by atoms with Gasteiger partial charge < -0.3 is 10.6 Å². The van der Waals surface area contributed by atoms with Crippen LogP contribution >= 0.6 is 0 Å². The molecule has 2 N–H and O–H groups in total. The van der Waals surface area contributed by atoms with Crippen LogP contribution in [-0.4, -0.2) is 19.0 Å². The Kier molecular flexibility index (Phi) is 4.25. The summed E-state index contributed by atoms with van der Waals surface area (Å²) in [6.07, 6.45) is 2.02. The molecule has 104 valence electrons. The van der Waals surface area contributed by atoms with E-state index in [-0.39, 0.29) is 11.3 Å². The number of nitrogens with one attached hydrogen (secondary N) is 2. The minimum absolute atomic E-state index is 0.122. The number of hydrogen-bond acceptors (Lipinski definition) is 2. The van der Waals surface area contributed by atoms with Gasteiger partial charge in [-0.2, -0.15) is 0 Å². The van der Waals surface area contributed by atoms with Gasteiger partial charge >= 0.3 is 0 Å². The standard InChI is InChI=1S/C16H24N2O/c1-12(2)13-5-7-14(8-6-13)18-15(19)16(3)9-4-10-17-11-16/h5-8,12,17H,4,9-11H2,1-3H3,(H,18,19). The van der Waals surface area contributed by atoms with Crippen molar-refractivity contribution in [1.29, 1.82) is 0 Å². The average molecular weight is 260 g/mol. The molecule has 0 bridgehead atoms. The SMILES string of the molecule is CC(C)c1ccc(NC(=O)C2(C)CCCNC2)cc1. The average Bonchev–Trinajstić information content (AvgIpc) is 2.40. The number of hydrogen-bond donors (Lipinski definition) is 2. The van der Waals surface area contributed by atoms with Gasteiger partial charge in [-0.15, -0.1) is 0 Å². The van der Waals surface area contributed by atoms with Crippen LogP contribution in [0.1, 0.15) is 45.1 Å². The van der Waals surface area contributed by atoms with E-state index in [0.717, 1.165) is 31.6 Å². The molecule has 1 heterocycles. The van der Waals surface area contributed by atoms with Crippen LogP contribution in [0.3, 0.4) is 0 Å². The van der Waals surface area contributed by atoms with E-state index < -0.39 is 0 Å². The van der Waals surface area contributed by atoms with Gasteiger partial charge in [0.15, 0.2) is 0 Å². The van der Waals surface area contributed by atoms with Gasteiger partial charge in [-0.25, -0.2) is 0 Å². The van der Waals surface area contributed by atoms with Gasteiger partial charge in [0.05, 0.1) is 5.41 Å². The first-order chi connectivity index (χ1) is 9.01. The van der Waals surface area contributed by atoms with Crippen LogP contribution in [0, 0.1) is 5.41 Å². The zero-order valence-electron chi connectivity index (χ0n) is 12.1. The van der Waals surface area contributed by atoms with Crippen molar-refractivity contribution in [3.05, 3.63) is 29.8 Å². The number of benzene rings is 1. The lowest BCUT2D eigenvalue weighted by atomic mass is 9.82. The van der Waals surface area contributed by atoms with Crippen molar-refractivity contribution >= 4 is 11.6 Å². The predicted octanol–water partition coefficient (Wildman–Crippen LogP) is 3.14. The normalized spacial score (nSPS) is 23.4. The summed E-state index contributed by atoms with van der Waals surface area (Å²) in [5, 5.41) is 6.34. The van der Waals surface area contributed by atoms with Crippen molar-refractivity contribution in [3.8, 4) is 0 Å². The number of piperidine rings is 1. The van der Waals surface area contributed by atoms with Crippen LogP contribution in [0.15, 0.2) is 24.3 Å². The van der Waals surface area contributed by atoms with Gasteiger partial charge in [0.1, 0.15) is 0 Å². The predicted molar refractivity (Wildman–Crippen MR) is 79.4 cm³/mol. The summed E-state index contributed by atoms with van der Waals surface area (Å²) in [6, 6.07) is 8.16. The Hall–Kier alpha value is -1.35. The number of anilines is 1. The molecule has 1 aromatic rings. The maximum atomic E-state index is 12.4. The van der Waals surface area contributed by atoms with Crippen molar-refractivity contribution in [1.82, 2.24) is 5.32 Å². The highest BCUT2D eigenvalue weighted by molar-refractivity contribution is 5.95. The lowest BCUT2D eigenvalue weighted by molar-refractivity contribution is -0.125. The van der Waals surface area contributed by atoms with Gasteiger partial charge in [-0.1, -0.05) is 26.0 Å². The zero-order valence-corrected chi connectivity index (χ0v) is 12.1. The van der Waals surface area contributed by atoms with Gasteiger partial charge in [-0.3, -0.25) is 4.79 Å². The first-order valence-electron chi connectivity index (χ1n) is 7.13. The first kappa shape index (κ1) is 14.1. The maximum Gasteiger partial charge on any atom is 0.231 e. The molecule has 0 aliphatic carbocycles. The fraction of sp³-hybridized carbons (Fsp3) is 0.562. The fourth-order valence-electron chi connectivity index (χ4n) is 2.48. The van der Waals surface area contributed by atoms with Crippen molar-refractivity contribution in [2.75, 3.05) is 18.4 Å². The molecule has 1 aromatic carbocycles. The minimum Gasteiger partial charge on any atom is -0.326 e. The zero-order chi connectivity index (χ0) is 13.9. The van der Waals surface area contributed by atoms with E-state index in [0.29, 0.717) is 5.92 Å². The molecule has 0 aromatic heterocycles. The molecule has 1 amide bonds. The Bertz CT molecular complexity index is 431. The van der Waals surface area contributed by atoms with E-state index in [2.05, 4.69) is 36.6 Å². The fourth-order valence-corrected chi connectivity index (χ4v) is 2.48. The molecule has 0 saturated carbocycles. The quantitative estimate of drug-likeness (QED) is 0.876. The third kappa shape index (κ3) is 3.35. The minimum atomic E-state index is -0.283. The molecule has 1 atom stereocenters. The molecule has 3 nitrogen and oxygen atoms in total. The monoisotopic (exact) mass is 260 g/mol. The Morgan fingerprint density at radius 2 is 2.00 bits per heavy atom. The Balaban J connectivity index is 2.02. The second-order valence-corrected chi connectivity index (χ2v) is 6.07. The van der Waals surface area contributed by atoms with Gasteiger partial charge in [0.25, 0.3) is 0 Å². The van der Waals surface area contributed by atoms with E-state index >= 15 is 0 Å². The number of rotatable bonds is 3. The summed E-state index contributed by atoms with van der Waals surface area (Å²) in [7, 11) is 0. The molecule has 1 unspecified atom stereocenters. The van der Waals surface area contributed by atoms with Gasteiger partial charge in [-0.05, 0) is 49.9 Å². The van der Waals surface area contributed by atoms with Gasteiger partial charge in [0.2, 0.25) is 5.91 Å². The van der Waals surface area contributed by atoms with Gasteiger partial charge in [0, 0.05) is 12.2 Å². The second kappa shape index (κ2) is 5.74. The lowest BCUT2D eigenvalue weighted by Crippen LogP contribution is -2.46. The molecule has 19 heavy (non-hydrogen) atoms. The Morgan fingerprint density at radius 3 is 2.53 bits per heavy atom. The van der Waals surface area contributed by atoms with Crippen LogP contribution in [-0.2, 0) is 4.79 Å². The molecule has 1 aliphatic rings. The molecule has 1 fully saturated rings. The molecule has 0 spiro atoms. The second-order valence-electron chi connectivity index (χ2n) is 6.07. The molecule has 1 saturated heterocycles. The van der Waals surface area contributed by atoms with Crippen LogP contribution in [0.2, 0.25) is 0 Å². The smallest absolute Gasteiger partial charge is 0.231 e. The van der Waals surface area contributed by atoms with E-state index in [1.54, 1.807) is 0 Å². The first-order valence-corrected chi connectivity index (χ1v) is 7.13. The Labute approximate surface area is 115 Å². The summed E-state index contributed by atoms with van der Waals surface area (Å²) in [5.74, 6) is 0.641. The van der Waals surface area contributed by atoms with Crippen LogP contribution < -0.4 is 10.6 Å². The lowest BCUT2D eigenvalue weighted by Gasteiger charge is -2.32. The summed E-state index contributed by atoms with van der Waals surface area (Å²) in [6.45, 7) is 8.16. The third-order valence-corrected chi connectivity index (χ3v) is 3.98. The molecular formula is C16H24N2O. The third-order valence-electron chi connectivity index (χ3n) is 3.98. The van der Waals surface area contributed by atoms with Crippen LogP contribution in [0.5, 0.6) is 0 Å². The van der Waals surface area contributed by atoms with Crippen molar-refractivity contribution in [2.24, 2.45) is 5.41 Å². The highest BCUT2D eigenvalue weighted by Gasteiger charge is 2.34. The van der Waals surface area contributed by atoms with Crippen LogP contribution in [0.25, 0.3) is 0 Å². The number of carbonyl (C=O) groups excluding carboxylic acids is 1. The van der Waals surface area contributed by atoms with Crippen molar-refractivity contribution < 1.29 is 4.79 Å². The highest BCUT2D eigenvalue weighted by atomic mass is 16.2. The molecule has 1 aliphatic heterocycles. The number of carbonyl (C=O) groups is 1. The van der Waals surface area contributed by atoms with E-state index in [9.17, 15) is 4.79 Å². The van der Waals surface area contributed by atoms with E-state index in [1.165, 1.54) is 5.56 Å². The van der Waals surface area contributed by atoms with Crippen molar-refractivity contribution in [3.63, 3.8) is 0 Å². The summed E-state index contributed by atoms with van der Waals surface area (Å²) >= 11 is 0. The molecular weight excluding hydrogens is 236 g/mol. The summed E-state index contributed by atoms with van der Waals surface area (Å²) in [4.78, 5) is 12.4. The maximum absolute atomic E-state index is 12.4. The highest BCUT2D eigenvalue weighted by Crippen LogP contribution is 2.27. The van der Waals surface area contributed by atoms with Crippen LogP contribution in [0.4, 0.5) is 5.69 Å².